The van der Waals surface area contributed by atoms with Gasteiger partial charge in [-0.1, -0.05) is 31.9 Å². The number of aliphatic hydroxyl groups is 1. The first kappa shape index (κ1) is 21.9. The van der Waals surface area contributed by atoms with Crippen LogP contribution in [0.15, 0.2) is 48.0 Å². The quantitative estimate of drug-likeness (QED) is 0.385. The molecule has 0 spiro atoms. The summed E-state index contributed by atoms with van der Waals surface area (Å²) in [7, 11) is 0. The van der Waals surface area contributed by atoms with Crippen molar-refractivity contribution < 1.29 is 24.5 Å². The number of aliphatic hydroxyl groups excluding tert-OH is 1. The molecule has 0 radical (unpaired) electrons. The van der Waals surface area contributed by atoms with Gasteiger partial charge < -0.3 is 19.8 Å². The Morgan fingerprint density at radius 1 is 1.09 bits per heavy atom. The van der Waals surface area contributed by atoms with Gasteiger partial charge in [-0.25, -0.2) is 0 Å². The number of phenolic OH excluding ortho intramolecular Hbond substituents is 1. The van der Waals surface area contributed by atoms with Crippen LogP contribution in [0.4, 0.5) is 0 Å². The van der Waals surface area contributed by atoms with Crippen molar-refractivity contribution in [2.45, 2.75) is 58.0 Å². The van der Waals surface area contributed by atoms with Gasteiger partial charge in [0.1, 0.15) is 17.3 Å². The van der Waals surface area contributed by atoms with Crippen LogP contribution in [-0.4, -0.2) is 39.5 Å². The number of Topliss-reactive ketones (excluding diaryl/α,β-unsaturated/α-hetero) is 1. The van der Waals surface area contributed by atoms with Gasteiger partial charge in [0.15, 0.2) is 0 Å². The third-order valence-electron chi connectivity index (χ3n) is 6.32. The number of carbonyl (C=O) groups is 2. The van der Waals surface area contributed by atoms with Crippen LogP contribution in [0.25, 0.3) is 5.76 Å². The van der Waals surface area contributed by atoms with Crippen molar-refractivity contribution in [1.29, 1.82) is 0 Å². The molecular weight excluding hydrogens is 406 g/mol. The Morgan fingerprint density at radius 3 is 2.41 bits per heavy atom. The van der Waals surface area contributed by atoms with Gasteiger partial charge in [-0.2, -0.15) is 0 Å². The fourth-order valence-corrected chi connectivity index (χ4v) is 4.72. The maximum Gasteiger partial charge on any atom is 0.295 e. The normalized spacial score (nSPS) is 20.8. The molecule has 1 aliphatic carbocycles. The molecule has 6 heteroatoms. The zero-order valence-electron chi connectivity index (χ0n) is 18.5. The van der Waals surface area contributed by atoms with Crippen molar-refractivity contribution in [2.75, 3.05) is 6.61 Å². The second kappa shape index (κ2) is 9.07. The summed E-state index contributed by atoms with van der Waals surface area (Å²) in [6.45, 7) is 4.51. The lowest BCUT2D eigenvalue weighted by molar-refractivity contribution is -0.141. The van der Waals surface area contributed by atoms with Crippen molar-refractivity contribution >= 4 is 17.4 Å². The maximum absolute atomic E-state index is 13.1. The van der Waals surface area contributed by atoms with Gasteiger partial charge in [0, 0.05) is 11.6 Å². The number of nitrogens with zero attached hydrogens (tertiary/aromatic N) is 1. The van der Waals surface area contributed by atoms with Crippen LogP contribution in [0.2, 0.25) is 0 Å². The zero-order valence-corrected chi connectivity index (χ0v) is 18.5. The van der Waals surface area contributed by atoms with Gasteiger partial charge in [0.25, 0.3) is 11.7 Å². The van der Waals surface area contributed by atoms with Gasteiger partial charge >= 0.3 is 0 Å². The van der Waals surface area contributed by atoms with Crippen LogP contribution < -0.4 is 4.74 Å². The number of phenols is 1. The minimum absolute atomic E-state index is 0.0397. The molecule has 1 atom stereocenters. The van der Waals surface area contributed by atoms with Crippen LogP contribution >= 0.6 is 0 Å². The fraction of sp³-hybridized carbons (Fsp3) is 0.385. The molecule has 168 valence electrons. The van der Waals surface area contributed by atoms with Gasteiger partial charge in [-0.05, 0) is 67.6 Å². The first-order valence-corrected chi connectivity index (χ1v) is 11.2. The molecule has 2 N–H and O–H groups in total. The molecule has 32 heavy (non-hydrogen) atoms. The van der Waals surface area contributed by atoms with Crippen LogP contribution in [0.3, 0.4) is 0 Å². The van der Waals surface area contributed by atoms with E-state index >= 15 is 0 Å². The highest BCUT2D eigenvalue weighted by Crippen LogP contribution is 2.43. The number of aromatic hydroxyl groups is 1. The summed E-state index contributed by atoms with van der Waals surface area (Å²) in [5.41, 5.74) is 2.09. The number of hydrogen-bond acceptors (Lipinski definition) is 5. The van der Waals surface area contributed by atoms with E-state index in [0.717, 1.165) is 43.4 Å². The van der Waals surface area contributed by atoms with E-state index in [-0.39, 0.29) is 23.1 Å². The highest BCUT2D eigenvalue weighted by atomic mass is 16.5. The smallest absolute Gasteiger partial charge is 0.295 e. The van der Waals surface area contributed by atoms with Crippen molar-refractivity contribution in [3.05, 3.63) is 64.7 Å². The predicted octanol–water partition coefficient (Wildman–Crippen LogP) is 4.85. The predicted molar refractivity (Wildman–Crippen MR) is 121 cm³/mol. The van der Waals surface area contributed by atoms with Crippen molar-refractivity contribution in [1.82, 2.24) is 4.90 Å². The Labute approximate surface area is 188 Å². The van der Waals surface area contributed by atoms with E-state index in [1.54, 1.807) is 35.2 Å². The van der Waals surface area contributed by atoms with Gasteiger partial charge in [-0.3, -0.25) is 9.59 Å². The number of amides is 1. The van der Waals surface area contributed by atoms with E-state index in [4.69, 9.17) is 4.74 Å². The largest absolute Gasteiger partial charge is 0.508 e. The van der Waals surface area contributed by atoms with E-state index in [1.807, 2.05) is 13.8 Å². The Kier molecular flexibility index (Phi) is 6.21. The minimum atomic E-state index is -0.685. The third-order valence-corrected chi connectivity index (χ3v) is 6.32. The summed E-state index contributed by atoms with van der Waals surface area (Å²) >= 11 is 0. The van der Waals surface area contributed by atoms with E-state index < -0.39 is 17.7 Å². The third kappa shape index (κ3) is 3.97. The van der Waals surface area contributed by atoms with Gasteiger partial charge in [0.05, 0.1) is 18.2 Å². The van der Waals surface area contributed by atoms with E-state index in [2.05, 4.69) is 0 Å². The number of aryl methyl sites for hydroxylation is 1. The monoisotopic (exact) mass is 435 g/mol. The highest BCUT2D eigenvalue weighted by molar-refractivity contribution is 6.46. The molecule has 1 aliphatic heterocycles. The van der Waals surface area contributed by atoms with Crippen LogP contribution in [0.5, 0.6) is 11.5 Å². The molecule has 0 bridgehead atoms. The number of likely N-dealkylation sites (tertiary alicyclic amines) is 1. The molecule has 2 aromatic carbocycles. The molecule has 1 saturated carbocycles. The standard InChI is InChI=1S/C26H29NO5/c1-3-14-32-21-13-10-18(15-16(21)2)24(29)22-23(17-8-11-20(28)12-9-17)27(26(31)25(22)30)19-6-4-5-7-19/h8-13,15,19,23,28-29H,3-7,14H2,1-2H3/b24-22-. The first-order chi connectivity index (χ1) is 15.4. The van der Waals surface area contributed by atoms with Crippen LogP contribution in [-0.2, 0) is 9.59 Å². The Morgan fingerprint density at radius 2 is 1.78 bits per heavy atom. The summed E-state index contributed by atoms with van der Waals surface area (Å²) < 4.78 is 5.72. The summed E-state index contributed by atoms with van der Waals surface area (Å²) in [5.74, 6) is -0.602. The van der Waals surface area contributed by atoms with E-state index in [9.17, 15) is 19.8 Å². The number of rotatable bonds is 6. The minimum Gasteiger partial charge on any atom is -0.508 e. The van der Waals surface area contributed by atoms with Crippen LogP contribution in [0.1, 0.15) is 61.8 Å². The summed E-state index contributed by atoms with van der Waals surface area (Å²) in [6.07, 6.45) is 4.58. The van der Waals surface area contributed by atoms with Gasteiger partial charge in [-0.15, -0.1) is 0 Å². The van der Waals surface area contributed by atoms with Crippen molar-refractivity contribution in [2.24, 2.45) is 0 Å². The Hall–Kier alpha value is -3.28. The lowest BCUT2D eigenvalue weighted by Crippen LogP contribution is -2.37. The molecule has 1 saturated heterocycles. The SMILES string of the molecule is CCCOc1ccc(/C(O)=C2/C(=O)C(=O)N(C3CCCC3)C2c2ccc(O)cc2)cc1C. The molecule has 2 aliphatic rings. The molecular formula is C26H29NO5. The molecule has 6 nitrogen and oxygen atoms in total. The topological polar surface area (TPSA) is 87.1 Å². The van der Waals surface area contributed by atoms with Crippen molar-refractivity contribution in [3.63, 3.8) is 0 Å². The second-order valence-corrected chi connectivity index (χ2v) is 8.56. The lowest BCUT2D eigenvalue weighted by atomic mass is 9.94. The molecule has 1 unspecified atom stereocenters. The maximum atomic E-state index is 13.1. The number of benzene rings is 2. The fourth-order valence-electron chi connectivity index (χ4n) is 4.72. The van der Waals surface area contributed by atoms with Crippen LogP contribution in [0, 0.1) is 6.92 Å². The average Bonchev–Trinajstić information content (AvgIpc) is 3.40. The number of ether oxygens (including phenoxy) is 1. The molecule has 0 aromatic heterocycles. The van der Waals surface area contributed by atoms with Crippen molar-refractivity contribution in [3.8, 4) is 11.5 Å². The van der Waals surface area contributed by atoms with Gasteiger partial charge in [0.2, 0.25) is 0 Å². The zero-order chi connectivity index (χ0) is 22.8. The molecule has 1 amide bonds. The highest BCUT2D eigenvalue weighted by Gasteiger charge is 2.49. The average molecular weight is 436 g/mol. The molecule has 2 fully saturated rings. The Bertz CT molecular complexity index is 1050. The van der Waals surface area contributed by atoms with E-state index in [0.29, 0.717) is 17.7 Å². The number of ketones is 1. The number of hydrogen-bond donors (Lipinski definition) is 2. The molecule has 2 aromatic rings. The summed E-state index contributed by atoms with van der Waals surface area (Å²) in [4.78, 5) is 27.9. The molecule has 1 heterocycles. The summed E-state index contributed by atoms with van der Waals surface area (Å²) in [6, 6.07) is 11.0. The lowest BCUT2D eigenvalue weighted by Gasteiger charge is -2.30. The second-order valence-electron chi connectivity index (χ2n) is 8.56. The van der Waals surface area contributed by atoms with E-state index in [1.165, 1.54) is 12.1 Å². The summed E-state index contributed by atoms with van der Waals surface area (Å²) in [5, 5.41) is 21.0. The number of carbonyl (C=O) groups excluding carboxylic acids is 2. The molecule has 4 rings (SSSR count). The first-order valence-electron chi connectivity index (χ1n) is 11.2. The Balaban J connectivity index is 1.81.